The highest BCUT2D eigenvalue weighted by Crippen LogP contribution is 2.35. The number of unbranched alkanes of at least 4 members (excludes halogenated alkanes) is 3. The highest BCUT2D eigenvalue weighted by atomic mass is 16.5. The summed E-state index contributed by atoms with van der Waals surface area (Å²) in [6.07, 6.45) is 6.93. The zero-order valence-electron chi connectivity index (χ0n) is 14.9. The van der Waals surface area contributed by atoms with E-state index >= 15 is 0 Å². The number of esters is 1. The molecule has 0 saturated carbocycles. The minimum atomic E-state index is -0.370. The van der Waals surface area contributed by atoms with Gasteiger partial charge in [-0.05, 0) is 37.5 Å². The van der Waals surface area contributed by atoms with Gasteiger partial charge in [0.15, 0.2) is 5.78 Å². The van der Waals surface area contributed by atoms with E-state index in [0.29, 0.717) is 36.3 Å². The molecule has 1 aliphatic rings. The number of ketones is 1. The summed E-state index contributed by atoms with van der Waals surface area (Å²) >= 11 is 0. The van der Waals surface area contributed by atoms with Gasteiger partial charge in [-0.15, -0.1) is 0 Å². The van der Waals surface area contributed by atoms with E-state index in [2.05, 4.69) is 11.9 Å². The molecule has 0 aliphatic heterocycles. The summed E-state index contributed by atoms with van der Waals surface area (Å²) in [7, 11) is 0. The van der Waals surface area contributed by atoms with Crippen LogP contribution in [-0.4, -0.2) is 23.3 Å². The van der Waals surface area contributed by atoms with Crippen molar-refractivity contribution in [2.24, 2.45) is 0 Å². The molecule has 1 atom stereocenters. The van der Waals surface area contributed by atoms with Crippen LogP contribution in [0, 0.1) is 6.92 Å². The van der Waals surface area contributed by atoms with Crippen molar-refractivity contribution in [2.45, 2.75) is 58.3 Å². The molecule has 2 aromatic rings. The van der Waals surface area contributed by atoms with Gasteiger partial charge in [-0.2, -0.15) is 0 Å². The Labute approximate surface area is 147 Å². The van der Waals surface area contributed by atoms with Crippen LogP contribution >= 0.6 is 0 Å². The first kappa shape index (κ1) is 17.5. The summed E-state index contributed by atoms with van der Waals surface area (Å²) in [5.41, 5.74) is 2.58. The van der Waals surface area contributed by atoms with Crippen LogP contribution in [0.4, 0.5) is 0 Å². The van der Waals surface area contributed by atoms with Crippen LogP contribution in [-0.2, 0) is 11.2 Å². The van der Waals surface area contributed by atoms with E-state index < -0.39 is 0 Å². The average Bonchev–Trinajstić information content (AvgIpc) is 3.23. The molecule has 0 radical (unpaired) electrons. The number of hydrogen-bond donors (Lipinski definition) is 1. The van der Waals surface area contributed by atoms with Crippen LogP contribution in [0.25, 0.3) is 0 Å². The van der Waals surface area contributed by atoms with Crippen molar-refractivity contribution < 1.29 is 18.7 Å². The van der Waals surface area contributed by atoms with E-state index in [1.54, 1.807) is 6.26 Å². The van der Waals surface area contributed by atoms with Crippen molar-refractivity contribution in [3.8, 4) is 0 Å². The number of ether oxygens (including phenoxy) is 1. The number of rotatable bonds is 7. The Morgan fingerprint density at radius 2 is 2.16 bits per heavy atom. The van der Waals surface area contributed by atoms with Crippen LogP contribution in [0.15, 0.2) is 22.8 Å². The van der Waals surface area contributed by atoms with Crippen molar-refractivity contribution in [1.29, 1.82) is 0 Å². The first-order valence-corrected chi connectivity index (χ1v) is 9.07. The summed E-state index contributed by atoms with van der Waals surface area (Å²) < 4.78 is 10.8. The predicted molar refractivity (Wildman–Crippen MR) is 94.1 cm³/mol. The molecule has 1 aliphatic carbocycles. The maximum absolute atomic E-state index is 12.6. The van der Waals surface area contributed by atoms with E-state index in [1.165, 1.54) is 0 Å². The lowest BCUT2D eigenvalue weighted by atomic mass is 9.84. The molecule has 2 aromatic heterocycles. The van der Waals surface area contributed by atoms with E-state index in [-0.39, 0.29) is 17.7 Å². The van der Waals surface area contributed by atoms with Gasteiger partial charge in [0.2, 0.25) is 0 Å². The second-order valence-electron chi connectivity index (χ2n) is 6.72. The Hall–Kier alpha value is -2.30. The lowest BCUT2D eigenvalue weighted by Gasteiger charge is -2.19. The van der Waals surface area contributed by atoms with E-state index in [1.807, 2.05) is 19.1 Å². The topological polar surface area (TPSA) is 72.3 Å². The molecule has 0 amide bonds. The Morgan fingerprint density at radius 3 is 2.88 bits per heavy atom. The minimum absolute atomic E-state index is 0.0194. The zero-order valence-corrected chi connectivity index (χ0v) is 14.9. The number of aromatic amines is 1. The van der Waals surface area contributed by atoms with Gasteiger partial charge in [-0.1, -0.05) is 26.2 Å². The third-order valence-corrected chi connectivity index (χ3v) is 4.87. The Morgan fingerprint density at radius 1 is 1.32 bits per heavy atom. The highest BCUT2D eigenvalue weighted by molar-refractivity contribution is 6.03. The maximum Gasteiger partial charge on any atom is 0.355 e. The van der Waals surface area contributed by atoms with Gasteiger partial charge in [0.05, 0.1) is 12.9 Å². The summed E-state index contributed by atoms with van der Waals surface area (Å²) in [6, 6.07) is 3.72. The Balaban J connectivity index is 1.71. The molecule has 3 rings (SSSR count). The number of aromatic nitrogens is 1. The van der Waals surface area contributed by atoms with Gasteiger partial charge in [0.1, 0.15) is 11.5 Å². The van der Waals surface area contributed by atoms with E-state index in [9.17, 15) is 9.59 Å². The van der Waals surface area contributed by atoms with Crippen LogP contribution in [0.2, 0.25) is 0 Å². The van der Waals surface area contributed by atoms with Gasteiger partial charge in [0, 0.05) is 23.6 Å². The number of hydrogen-bond acceptors (Lipinski definition) is 4. The first-order chi connectivity index (χ1) is 12.1. The highest BCUT2D eigenvalue weighted by Gasteiger charge is 2.33. The summed E-state index contributed by atoms with van der Waals surface area (Å²) in [5, 5.41) is 0. The van der Waals surface area contributed by atoms with Crippen molar-refractivity contribution in [3.63, 3.8) is 0 Å². The minimum Gasteiger partial charge on any atom is -0.469 e. The number of fused-ring (bicyclic) bond motifs is 1. The van der Waals surface area contributed by atoms with Crippen LogP contribution in [0.5, 0.6) is 0 Å². The molecule has 5 heteroatoms. The second-order valence-corrected chi connectivity index (χ2v) is 6.72. The van der Waals surface area contributed by atoms with Crippen molar-refractivity contribution in [3.05, 3.63) is 46.7 Å². The van der Waals surface area contributed by atoms with E-state index in [0.717, 1.165) is 37.1 Å². The molecule has 0 bridgehead atoms. The number of carbonyl (C=O) groups is 2. The first-order valence-electron chi connectivity index (χ1n) is 9.07. The van der Waals surface area contributed by atoms with Crippen LogP contribution < -0.4 is 0 Å². The molecule has 0 saturated heterocycles. The van der Waals surface area contributed by atoms with Crippen molar-refractivity contribution >= 4 is 11.8 Å². The normalized spacial score (nSPS) is 16.7. The second kappa shape index (κ2) is 7.72. The maximum atomic E-state index is 12.6. The van der Waals surface area contributed by atoms with Crippen molar-refractivity contribution in [2.75, 3.05) is 6.61 Å². The summed E-state index contributed by atoms with van der Waals surface area (Å²) in [6.45, 7) is 4.38. The number of Topliss-reactive ketones (excluding diaryl/α,β-unsaturated/α-hetero) is 1. The van der Waals surface area contributed by atoms with Crippen molar-refractivity contribution in [1.82, 2.24) is 4.98 Å². The fourth-order valence-corrected chi connectivity index (χ4v) is 3.53. The Bertz CT molecular complexity index is 742. The van der Waals surface area contributed by atoms with Gasteiger partial charge >= 0.3 is 5.97 Å². The molecular formula is C20H25NO4. The van der Waals surface area contributed by atoms with E-state index in [4.69, 9.17) is 9.15 Å². The van der Waals surface area contributed by atoms with Gasteiger partial charge in [-0.25, -0.2) is 4.79 Å². The molecule has 0 fully saturated rings. The van der Waals surface area contributed by atoms with Gasteiger partial charge in [0.25, 0.3) is 0 Å². The lowest BCUT2D eigenvalue weighted by Crippen LogP contribution is -2.18. The molecule has 0 spiro atoms. The summed E-state index contributed by atoms with van der Waals surface area (Å²) in [4.78, 5) is 28.1. The zero-order chi connectivity index (χ0) is 17.8. The number of nitrogens with one attached hydrogen (secondary N) is 1. The summed E-state index contributed by atoms with van der Waals surface area (Å²) in [5.74, 6) is 0.515. The molecule has 25 heavy (non-hydrogen) atoms. The molecule has 134 valence electrons. The largest absolute Gasteiger partial charge is 0.469 e. The average molecular weight is 343 g/mol. The molecule has 5 nitrogen and oxygen atoms in total. The predicted octanol–water partition coefficient (Wildman–Crippen LogP) is 4.57. The third kappa shape index (κ3) is 3.70. The third-order valence-electron chi connectivity index (χ3n) is 4.87. The standard InChI is InChI=1S/C20H25NO4/c1-3-4-5-6-9-25-20(23)19-13(2)18-15(21-19)11-14(12-16(18)22)17-8-7-10-24-17/h7-8,10,14,21H,3-6,9,11-12H2,1-2H3/t14-/m0/s1. The van der Waals surface area contributed by atoms with Gasteiger partial charge in [-0.3, -0.25) is 4.79 Å². The monoisotopic (exact) mass is 343 g/mol. The van der Waals surface area contributed by atoms with Crippen LogP contribution in [0.1, 0.15) is 82.8 Å². The molecular weight excluding hydrogens is 318 g/mol. The molecule has 0 aromatic carbocycles. The van der Waals surface area contributed by atoms with Crippen LogP contribution in [0.3, 0.4) is 0 Å². The molecule has 1 N–H and O–H groups in total. The fourth-order valence-electron chi connectivity index (χ4n) is 3.53. The number of carbonyl (C=O) groups excluding carboxylic acids is 2. The quantitative estimate of drug-likeness (QED) is 0.590. The number of H-pyrrole nitrogens is 1. The lowest BCUT2D eigenvalue weighted by molar-refractivity contribution is 0.0490. The molecule has 2 heterocycles. The number of furan rings is 1. The van der Waals surface area contributed by atoms with Gasteiger partial charge < -0.3 is 14.1 Å². The SMILES string of the molecule is CCCCCCOC(=O)c1[nH]c2c(c1C)C(=O)C[C@@H](c1ccco1)C2. The fraction of sp³-hybridized carbons (Fsp3) is 0.500. The molecule has 0 unspecified atom stereocenters. The Kier molecular flexibility index (Phi) is 5.41. The smallest absolute Gasteiger partial charge is 0.355 e.